The van der Waals surface area contributed by atoms with Crippen LogP contribution >= 0.6 is 0 Å². The molecule has 1 aromatic carbocycles. The molecule has 5 saturated carbocycles. The average molecular weight is 352 g/mol. The highest BCUT2D eigenvalue weighted by molar-refractivity contribution is 5.95. The van der Waals surface area contributed by atoms with Gasteiger partial charge in [0.2, 0.25) is 0 Å². The number of nitrogens with one attached hydrogen (secondary N) is 1. The number of nitrogens with zero attached hydrogens (tertiary/aromatic N) is 1. The molecule has 0 aromatic heterocycles. The number of para-hydroxylation sites is 1. The Kier molecular flexibility index (Phi) is 2.21. The smallest absolute Gasteiger partial charge is 0.144 e. The molecule has 6 bridgehead atoms. The number of carbonyl (C=O) groups excluding carboxylic acids is 1. The maximum atomic E-state index is 13.6. The monoisotopic (exact) mass is 352 g/mol. The summed E-state index contributed by atoms with van der Waals surface area (Å²) in [6, 6.07) is 6.62. The van der Waals surface area contributed by atoms with E-state index in [9.17, 15) is 9.90 Å². The van der Waals surface area contributed by atoms with Gasteiger partial charge >= 0.3 is 0 Å². The molecule has 3 heterocycles. The van der Waals surface area contributed by atoms with Gasteiger partial charge in [-0.1, -0.05) is 12.1 Å². The van der Waals surface area contributed by atoms with Crippen molar-refractivity contribution >= 4 is 11.5 Å². The van der Waals surface area contributed by atoms with Gasteiger partial charge in [-0.25, -0.2) is 0 Å². The number of rotatable bonds is 1. The third-order valence-corrected chi connectivity index (χ3v) is 9.25. The molecule has 8 aliphatic rings. The highest BCUT2D eigenvalue weighted by Gasteiger charge is 2.88. The third kappa shape index (κ3) is 1.06. The van der Waals surface area contributed by atoms with Crippen molar-refractivity contribution in [3.8, 4) is 5.75 Å². The lowest BCUT2D eigenvalue weighted by Gasteiger charge is -2.74. The Hall–Kier alpha value is -1.59. The number of fused-ring (bicyclic) bond motifs is 2. The standard InChI is InChI=1S/C21H24N2O3/c1-26-13-5-2-4-11-15(13)22-20-8-7-19-6-3-9-23-10-12(21(11,20)18(19)23)16(24)14(19)17(20)25/h2,4-5,12,14,17-18,22,25H,3,6-10H2,1H3. The molecule has 9 rings (SSSR count). The number of aliphatic hydroxyl groups excluding tert-OH is 1. The van der Waals surface area contributed by atoms with Gasteiger partial charge in [-0.2, -0.15) is 0 Å². The summed E-state index contributed by atoms with van der Waals surface area (Å²) in [6.07, 6.45) is 3.66. The molecule has 136 valence electrons. The Morgan fingerprint density at radius 2 is 2.19 bits per heavy atom. The number of carbonyl (C=O) groups is 1. The topological polar surface area (TPSA) is 61.8 Å². The highest BCUT2D eigenvalue weighted by atomic mass is 16.5. The second-order valence-electron chi connectivity index (χ2n) is 9.46. The molecular weight excluding hydrogens is 328 g/mol. The SMILES string of the molecule is COc1cccc2c1NC13CCC45CCCN6CC(C(=O)C4C1O)C23C65. The lowest BCUT2D eigenvalue weighted by atomic mass is 9.31. The summed E-state index contributed by atoms with van der Waals surface area (Å²) >= 11 is 0. The molecule has 2 saturated heterocycles. The quantitative estimate of drug-likeness (QED) is 0.803. The van der Waals surface area contributed by atoms with Crippen LogP contribution in [0.1, 0.15) is 31.2 Å². The predicted molar refractivity (Wildman–Crippen MR) is 95.3 cm³/mol. The van der Waals surface area contributed by atoms with Crippen LogP contribution < -0.4 is 10.1 Å². The number of hydrogen-bond donors (Lipinski definition) is 2. The first-order valence-corrected chi connectivity index (χ1v) is 10.0. The summed E-state index contributed by atoms with van der Waals surface area (Å²) in [5, 5.41) is 15.4. The van der Waals surface area contributed by atoms with E-state index in [1.165, 1.54) is 5.56 Å². The Labute approximate surface area is 152 Å². The zero-order valence-corrected chi connectivity index (χ0v) is 15.0. The fourth-order valence-corrected chi connectivity index (χ4v) is 8.86. The molecule has 7 fully saturated rings. The maximum Gasteiger partial charge on any atom is 0.144 e. The molecule has 0 radical (unpaired) electrons. The summed E-state index contributed by atoms with van der Waals surface area (Å²) in [5.74, 6) is 0.995. The van der Waals surface area contributed by atoms with Gasteiger partial charge in [0, 0.05) is 18.5 Å². The number of anilines is 1. The largest absolute Gasteiger partial charge is 0.495 e. The first kappa shape index (κ1) is 14.5. The number of ketones is 1. The molecule has 5 aliphatic carbocycles. The average Bonchev–Trinajstić information content (AvgIpc) is 3.15. The summed E-state index contributed by atoms with van der Waals surface area (Å²) in [4.78, 5) is 16.2. The molecule has 3 spiro atoms. The minimum atomic E-state index is -0.591. The van der Waals surface area contributed by atoms with E-state index in [1.807, 2.05) is 6.07 Å². The Morgan fingerprint density at radius 3 is 3.04 bits per heavy atom. The summed E-state index contributed by atoms with van der Waals surface area (Å²) in [5.41, 5.74) is 1.52. The van der Waals surface area contributed by atoms with Gasteiger partial charge in [0.05, 0.1) is 35.8 Å². The molecule has 1 aromatic rings. The van der Waals surface area contributed by atoms with E-state index in [0.717, 1.165) is 50.2 Å². The van der Waals surface area contributed by atoms with E-state index in [4.69, 9.17) is 4.74 Å². The van der Waals surface area contributed by atoms with Crippen LogP contribution in [0.4, 0.5) is 5.69 Å². The molecular formula is C21H24N2O3. The number of aliphatic hydroxyl groups is 1. The van der Waals surface area contributed by atoms with Crippen LogP contribution in [0.3, 0.4) is 0 Å². The van der Waals surface area contributed by atoms with Crippen LogP contribution in [0.2, 0.25) is 0 Å². The number of ether oxygens (including phenoxy) is 1. The molecule has 2 N–H and O–H groups in total. The summed E-state index contributed by atoms with van der Waals surface area (Å²) in [7, 11) is 1.70. The van der Waals surface area contributed by atoms with Gasteiger partial charge in [0.1, 0.15) is 11.5 Å². The van der Waals surface area contributed by atoms with Crippen LogP contribution in [0, 0.1) is 17.3 Å². The van der Waals surface area contributed by atoms with Crippen molar-refractivity contribution in [2.24, 2.45) is 17.3 Å². The van der Waals surface area contributed by atoms with Gasteiger partial charge in [-0.05, 0) is 49.3 Å². The van der Waals surface area contributed by atoms with E-state index in [1.54, 1.807) is 7.11 Å². The Bertz CT molecular complexity index is 886. The molecule has 7 atom stereocenters. The number of piperidine rings is 1. The minimum absolute atomic E-state index is 0.00767. The summed E-state index contributed by atoms with van der Waals surface area (Å²) < 4.78 is 5.67. The van der Waals surface area contributed by atoms with E-state index >= 15 is 0 Å². The number of methoxy groups -OCH3 is 1. The second-order valence-corrected chi connectivity index (χ2v) is 9.46. The van der Waals surface area contributed by atoms with Crippen LogP contribution in [-0.2, 0) is 10.2 Å². The first-order valence-electron chi connectivity index (χ1n) is 10.0. The van der Waals surface area contributed by atoms with E-state index in [2.05, 4.69) is 22.3 Å². The van der Waals surface area contributed by atoms with E-state index in [0.29, 0.717) is 11.8 Å². The van der Waals surface area contributed by atoms with E-state index < -0.39 is 11.6 Å². The van der Waals surface area contributed by atoms with Crippen molar-refractivity contribution in [2.45, 2.75) is 48.8 Å². The van der Waals surface area contributed by atoms with Crippen LogP contribution in [0.25, 0.3) is 0 Å². The third-order valence-electron chi connectivity index (χ3n) is 9.25. The normalized spacial score (nSPS) is 52.0. The fourth-order valence-electron chi connectivity index (χ4n) is 8.86. The fraction of sp³-hybridized carbons (Fsp3) is 0.667. The zero-order valence-electron chi connectivity index (χ0n) is 15.0. The molecule has 26 heavy (non-hydrogen) atoms. The minimum Gasteiger partial charge on any atom is -0.495 e. The summed E-state index contributed by atoms with van der Waals surface area (Å²) in [6.45, 7) is 1.96. The molecule has 0 amide bonds. The first-order chi connectivity index (χ1) is 12.6. The van der Waals surface area contributed by atoms with Crippen molar-refractivity contribution in [1.29, 1.82) is 0 Å². The highest BCUT2D eigenvalue weighted by Crippen LogP contribution is 2.79. The Balaban J connectivity index is 1.62. The van der Waals surface area contributed by atoms with E-state index in [-0.39, 0.29) is 22.7 Å². The lowest BCUT2D eigenvalue weighted by molar-refractivity contribution is -0.225. The second kappa shape index (κ2) is 3.97. The number of hydrogen-bond acceptors (Lipinski definition) is 5. The molecule has 7 unspecified atom stereocenters. The van der Waals surface area contributed by atoms with Crippen LogP contribution in [0.5, 0.6) is 5.75 Å². The molecule has 5 heteroatoms. The van der Waals surface area contributed by atoms with Gasteiger partial charge in [-0.3, -0.25) is 9.69 Å². The molecule has 5 nitrogen and oxygen atoms in total. The zero-order chi connectivity index (χ0) is 17.5. The van der Waals surface area contributed by atoms with Crippen LogP contribution in [0.15, 0.2) is 18.2 Å². The van der Waals surface area contributed by atoms with Crippen molar-refractivity contribution in [3.05, 3.63) is 23.8 Å². The number of Topliss-reactive ketones (excluding diaryl/α,β-unsaturated/α-hetero) is 1. The number of benzene rings is 1. The Morgan fingerprint density at radius 1 is 1.31 bits per heavy atom. The van der Waals surface area contributed by atoms with Crippen molar-refractivity contribution in [2.75, 3.05) is 25.5 Å². The van der Waals surface area contributed by atoms with Gasteiger partial charge in [0.25, 0.3) is 0 Å². The lowest BCUT2D eigenvalue weighted by Crippen LogP contribution is -2.86. The maximum absolute atomic E-state index is 13.6. The molecule has 3 aliphatic heterocycles. The van der Waals surface area contributed by atoms with Crippen molar-refractivity contribution in [1.82, 2.24) is 4.90 Å². The van der Waals surface area contributed by atoms with Crippen LogP contribution in [-0.4, -0.2) is 53.7 Å². The van der Waals surface area contributed by atoms with Crippen molar-refractivity contribution < 1.29 is 14.6 Å². The van der Waals surface area contributed by atoms with Gasteiger partial charge in [0.15, 0.2) is 0 Å². The predicted octanol–water partition coefficient (Wildman–Crippen LogP) is 1.55. The van der Waals surface area contributed by atoms with Gasteiger partial charge < -0.3 is 15.2 Å². The van der Waals surface area contributed by atoms with Crippen molar-refractivity contribution in [3.63, 3.8) is 0 Å². The van der Waals surface area contributed by atoms with Gasteiger partial charge in [-0.15, -0.1) is 0 Å².